The fourth-order valence-electron chi connectivity index (χ4n) is 4.12. The summed E-state index contributed by atoms with van der Waals surface area (Å²) < 4.78 is 44.0. The number of rotatable bonds is 6. The zero-order valence-electron chi connectivity index (χ0n) is 17.1. The van der Waals surface area contributed by atoms with Gasteiger partial charge in [0.25, 0.3) is 0 Å². The van der Waals surface area contributed by atoms with Gasteiger partial charge in [0.2, 0.25) is 10.0 Å². The number of aryl methyl sites for hydroxylation is 3. The lowest BCUT2D eigenvalue weighted by molar-refractivity contribution is 0.312. The molecule has 2 aromatic carbocycles. The van der Waals surface area contributed by atoms with Crippen molar-refractivity contribution < 1.29 is 12.8 Å². The molecule has 30 heavy (non-hydrogen) atoms. The minimum Gasteiger partial charge on any atom is -0.256 e. The second-order valence-corrected chi connectivity index (χ2v) is 9.66. The summed E-state index contributed by atoms with van der Waals surface area (Å²) in [5.74, 6) is 0.373. The molecule has 1 aromatic heterocycles. The lowest BCUT2D eigenvalue weighted by Gasteiger charge is -2.30. The maximum atomic E-state index is 13.6. The van der Waals surface area contributed by atoms with E-state index in [0.29, 0.717) is 25.1 Å². The van der Waals surface area contributed by atoms with Gasteiger partial charge in [-0.1, -0.05) is 29.8 Å². The Labute approximate surface area is 176 Å². The highest BCUT2D eigenvalue weighted by molar-refractivity contribution is 7.89. The molecule has 0 amide bonds. The van der Waals surface area contributed by atoms with Crippen molar-refractivity contribution in [3.63, 3.8) is 0 Å². The Balaban J connectivity index is 1.67. The molecule has 0 saturated carbocycles. The Bertz CT molecular complexity index is 1110. The van der Waals surface area contributed by atoms with Crippen molar-refractivity contribution in [3.05, 3.63) is 77.6 Å². The topological polar surface area (TPSA) is 68.1 Å². The summed E-state index contributed by atoms with van der Waals surface area (Å²) >= 11 is 0. The maximum Gasteiger partial charge on any atom is 0.243 e. The molecule has 1 fully saturated rings. The standard InChI is InChI=1S/C22H25FN4O2S/c1-16-3-11-20(12-4-16)30(28,29)27-19(10-14-22-24-15-26(2)25-22)9-13-21(27)17-5-7-18(23)8-6-17/h3-8,11-12,15,19,21H,9-10,13-14H2,1-2H3. The minimum atomic E-state index is -3.72. The van der Waals surface area contributed by atoms with Crippen LogP contribution in [-0.4, -0.2) is 33.5 Å². The van der Waals surface area contributed by atoms with Crippen molar-refractivity contribution in [3.8, 4) is 0 Å². The molecule has 0 spiro atoms. The molecule has 0 bridgehead atoms. The van der Waals surface area contributed by atoms with Crippen LogP contribution in [0.4, 0.5) is 4.39 Å². The van der Waals surface area contributed by atoms with E-state index in [1.165, 1.54) is 12.1 Å². The molecule has 0 N–H and O–H groups in total. The molecule has 2 atom stereocenters. The predicted octanol–water partition coefficient (Wildman–Crippen LogP) is 3.79. The van der Waals surface area contributed by atoms with Crippen LogP contribution in [0.3, 0.4) is 0 Å². The number of sulfonamides is 1. The number of aromatic nitrogens is 3. The summed E-state index contributed by atoms with van der Waals surface area (Å²) in [7, 11) is -1.91. The van der Waals surface area contributed by atoms with E-state index in [-0.39, 0.29) is 22.8 Å². The molecule has 1 saturated heterocycles. The van der Waals surface area contributed by atoms with Gasteiger partial charge in [0.15, 0.2) is 5.82 Å². The van der Waals surface area contributed by atoms with Crippen molar-refractivity contribution in [2.45, 2.75) is 49.6 Å². The number of halogens is 1. The monoisotopic (exact) mass is 428 g/mol. The van der Waals surface area contributed by atoms with Gasteiger partial charge in [-0.2, -0.15) is 9.40 Å². The molecule has 3 aromatic rings. The van der Waals surface area contributed by atoms with Crippen molar-refractivity contribution >= 4 is 10.0 Å². The second kappa shape index (κ2) is 8.28. The van der Waals surface area contributed by atoms with Gasteiger partial charge in [0.1, 0.15) is 12.1 Å². The SMILES string of the molecule is Cc1ccc(S(=O)(=O)N2C(CCc3ncn(C)n3)CCC2c2ccc(F)cc2)cc1. The zero-order valence-corrected chi connectivity index (χ0v) is 17.9. The van der Waals surface area contributed by atoms with E-state index in [2.05, 4.69) is 10.1 Å². The third kappa shape index (κ3) is 4.15. The van der Waals surface area contributed by atoms with Crippen molar-refractivity contribution in [2.24, 2.45) is 7.05 Å². The number of hydrogen-bond acceptors (Lipinski definition) is 4. The molecule has 6 nitrogen and oxygen atoms in total. The third-order valence-electron chi connectivity index (χ3n) is 5.64. The molecule has 0 radical (unpaired) electrons. The Morgan fingerprint density at radius 2 is 1.77 bits per heavy atom. The van der Waals surface area contributed by atoms with Crippen molar-refractivity contribution in [2.75, 3.05) is 0 Å². The summed E-state index contributed by atoms with van der Waals surface area (Å²) in [6.45, 7) is 1.93. The lowest BCUT2D eigenvalue weighted by Crippen LogP contribution is -2.37. The molecule has 2 heterocycles. The fourth-order valence-corrected chi connectivity index (χ4v) is 6.01. The third-order valence-corrected chi connectivity index (χ3v) is 7.62. The number of nitrogens with zero attached hydrogens (tertiary/aromatic N) is 4. The van der Waals surface area contributed by atoms with E-state index >= 15 is 0 Å². The van der Waals surface area contributed by atoms with Gasteiger partial charge in [-0.05, 0) is 56.0 Å². The van der Waals surface area contributed by atoms with Gasteiger partial charge in [-0.3, -0.25) is 4.68 Å². The van der Waals surface area contributed by atoms with Gasteiger partial charge < -0.3 is 0 Å². The van der Waals surface area contributed by atoms with E-state index in [1.54, 1.807) is 39.6 Å². The van der Waals surface area contributed by atoms with Crippen LogP contribution in [0, 0.1) is 12.7 Å². The first-order valence-electron chi connectivity index (χ1n) is 10.0. The van der Waals surface area contributed by atoms with Gasteiger partial charge >= 0.3 is 0 Å². The summed E-state index contributed by atoms with van der Waals surface area (Å²) in [4.78, 5) is 4.54. The van der Waals surface area contributed by atoms with Crippen molar-refractivity contribution in [1.29, 1.82) is 0 Å². The summed E-state index contributed by atoms with van der Waals surface area (Å²) in [6, 6.07) is 12.6. The van der Waals surface area contributed by atoms with Crippen LogP contribution in [0.1, 0.15) is 42.3 Å². The first-order chi connectivity index (χ1) is 14.3. The van der Waals surface area contributed by atoms with Gasteiger partial charge in [0.05, 0.1) is 10.9 Å². The molecule has 8 heteroatoms. The average Bonchev–Trinajstić information content (AvgIpc) is 3.34. The minimum absolute atomic E-state index is 0.171. The molecule has 158 valence electrons. The second-order valence-electron chi connectivity index (χ2n) is 7.82. The van der Waals surface area contributed by atoms with Crippen LogP contribution in [0.25, 0.3) is 0 Å². The van der Waals surface area contributed by atoms with Crippen LogP contribution < -0.4 is 0 Å². The number of hydrogen-bond donors (Lipinski definition) is 0. The molecule has 0 aliphatic carbocycles. The smallest absolute Gasteiger partial charge is 0.243 e. The zero-order chi connectivity index (χ0) is 21.3. The molecular weight excluding hydrogens is 403 g/mol. The molecule has 2 unspecified atom stereocenters. The van der Waals surface area contributed by atoms with Crippen LogP contribution in [0.15, 0.2) is 59.8 Å². The van der Waals surface area contributed by atoms with E-state index < -0.39 is 10.0 Å². The summed E-state index contributed by atoms with van der Waals surface area (Å²) in [6.07, 6.45) is 4.30. The summed E-state index contributed by atoms with van der Waals surface area (Å²) in [5, 5.41) is 4.31. The van der Waals surface area contributed by atoms with Crippen LogP contribution in [0.5, 0.6) is 0 Å². The molecule has 4 rings (SSSR count). The first-order valence-corrected chi connectivity index (χ1v) is 11.5. The Hall–Kier alpha value is -2.58. The molecule has 1 aliphatic rings. The lowest BCUT2D eigenvalue weighted by atomic mass is 10.0. The van der Waals surface area contributed by atoms with E-state index in [9.17, 15) is 12.8 Å². The van der Waals surface area contributed by atoms with Gasteiger partial charge in [-0.15, -0.1) is 0 Å². The Morgan fingerprint density at radius 3 is 2.40 bits per heavy atom. The first kappa shape index (κ1) is 20.7. The largest absolute Gasteiger partial charge is 0.256 e. The average molecular weight is 429 g/mol. The van der Waals surface area contributed by atoms with Gasteiger partial charge in [-0.25, -0.2) is 17.8 Å². The molecular formula is C22H25FN4O2S. The predicted molar refractivity (Wildman–Crippen MR) is 112 cm³/mol. The quantitative estimate of drug-likeness (QED) is 0.599. The van der Waals surface area contributed by atoms with Crippen LogP contribution in [-0.2, 0) is 23.5 Å². The Morgan fingerprint density at radius 1 is 1.07 bits per heavy atom. The number of benzene rings is 2. The van der Waals surface area contributed by atoms with Crippen LogP contribution in [0.2, 0.25) is 0 Å². The highest BCUT2D eigenvalue weighted by Gasteiger charge is 2.42. The van der Waals surface area contributed by atoms with Crippen molar-refractivity contribution in [1.82, 2.24) is 19.1 Å². The highest BCUT2D eigenvalue weighted by atomic mass is 32.2. The van der Waals surface area contributed by atoms with E-state index in [0.717, 1.165) is 17.5 Å². The highest BCUT2D eigenvalue weighted by Crippen LogP contribution is 2.41. The van der Waals surface area contributed by atoms with Crippen LogP contribution >= 0.6 is 0 Å². The molecule has 1 aliphatic heterocycles. The fraction of sp³-hybridized carbons (Fsp3) is 0.364. The normalized spacial score (nSPS) is 20.0. The Kier molecular flexibility index (Phi) is 5.71. The van der Waals surface area contributed by atoms with E-state index in [4.69, 9.17) is 0 Å². The van der Waals surface area contributed by atoms with E-state index in [1.807, 2.05) is 26.1 Å². The summed E-state index contributed by atoms with van der Waals surface area (Å²) in [5.41, 5.74) is 1.81. The van der Waals surface area contributed by atoms with Gasteiger partial charge in [0, 0.05) is 19.5 Å². The maximum absolute atomic E-state index is 13.6.